The lowest BCUT2D eigenvalue weighted by atomic mass is 10.1. The molecule has 0 saturated carbocycles. The average Bonchev–Trinajstić information content (AvgIpc) is 2.63. The van der Waals surface area contributed by atoms with Gasteiger partial charge in [-0.25, -0.2) is 0 Å². The molecular weight excluding hydrogens is 228 g/mol. The minimum atomic E-state index is 0.666. The third kappa shape index (κ3) is 5.66. The van der Waals surface area contributed by atoms with Crippen molar-refractivity contribution in [3.05, 3.63) is 21.9 Å². The summed E-state index contributed by atoms with van der Waals surface area (Å²) < 4.78 is 0. The van der Waals surface area contributed by atoms with Crippen LogP contribution in [0.2, 0.25) is 0 Å². The molecule has 0 radical (unpaired) electrons. The molecule has 3 heteroatoms. The van der Waals surface area contributed by atoms with Gasteiger partial charge in [-0.05, 0) is 24.0 Å². The van der Waals surface area contributed by atoms with Crippen LogP contribution in [0.1, 0.15) is 37.4 Å². The van der Waals surface area contributed by atoms with Crippen LogP contribution in [0.25, 0.3) is 0 Å². The van der Waals surface area contributed by atoms with E-state index in [0.717, 1.165) is 18.4 Å². The molecule has 0 bridgehead atoms. The molecule has 1 aromatic rings. The van der Waals surface area contributed by atoms with E-state index in [1.807, 2.05) is 11.3 Å². The second-order valence-corrected chi connectivity index (χ2v) is 6.81. The maximum absolute atomic E-state index is 5.65. The zero-order valence-electron chi connectivity index (χ0n) is 11.6. The van der Waals surface area contributed by atoms with Crippen molar-refractivity contribution >= 4 is 11.3 Å². The van der Waals surface area contributed by atoms with Gasteiger partial charge < -0.3 is 5.73 Å². The highest BCUT2D eigenvalue weighted by Crippen LogP contribution is 2.19. The normalized spacial score (nSPS) is 12.0. The minimum Gasteiger partial charge on any atom is -0.326 e. The van der Waals surface area contributed by atoms with Crippen molar-refractivity contribution in [1.82, 2.24) is 4.90 Å². The first-order valence-corrected chi connectivity index (χ1v) is 7.33. The Labute approximate surface area is 110 Å². The zero-order chi connectivity index (χ0) is 12.8. The summed E-state index contributed by atoms with van der Waals surface area (Å²) in [6.07, 6.45) is 0. The number of nitrogens with zero attached hydrogens (tertiary/aromatic N) is 1. The summed E-state index contributed by atoms with van der Waals surface area (Å²) in [5.74, 6) is 1.45. The SMILES string of the molecule is CC(C)CN(Cc1ccc(CN)s1)CC(C)C. The number of rotatable bonds is 7. The van der Waals surface area contributed by atoms with Crippen LogP contribution in [-0.4, -0.2) is 18.0 Å². The largest absolute Gasteiger partial charge is 0.326 e. The monoisotopic (exact) mass is 254 g/mol. The zero-order valence-corrected chi connectivity index (χ0v) is 12.4. The standard InChI is InChI=1S/C14H26N2S/c1-11(2)8-16(9-12(3)4)10-14-6-5-13(7-15)17-14/h5-6,11-12H,7-10,15H2,1-4H3. The van der Waals surface area contributed by atoms with Gasteiger partial charge in [-0.2, -0.15) is 0 Å². The smallest absolute Gasteiger partial charge is 0.0328 e. The van der Waals surface area contributed by atoms with Crippen LogP contribution in [0.5, 0.6) is 0 Å². The van der Waals surface area contributed by atoms with E-state index in [-0.39, 0.29) is 0 Å². The molecule has 1 aromatic heterocycles. The molecule has 0 spiro atoms. The molecule has 0 aliphatic heterocycles. The maximum Gasteiger partial charge on any atom is 0.0328 e. The second-order valence-electron chi connectivity index (χ2n) is 5.55. The first kappa shape index (κ1) is 14.7. The highest BCUT2D eigenvalue weighted by Gasteiger charge is 2.11. The number of thiophene rings is 1. The Hall–Kier alpha value is -0.380. The lowest BCUT2D eigenvalue weighted by molar-refractivity contribution is 0.213. The summed E-state index contributed by atoms with van der Waals surface area (Å²) in [7, 11) is 0. The summed E-state index contributed by atoms with van der Waals surface area (Å²) >= 11 is 1.85. The van der Waals surface area contributed by atoms with E-state index < -0.39 is 0 Å². The van der Waals surface area contributed by atoms with Gasteiger partial charge in [0.2, 0.25) is 0 Å². The topological polar surface area (TPSA) is 29.3 Å². The van der Waals surface area contributed by atoms with Gasteiger partial charge in [-0.1, -0.05) is 27.7 Å². The number of hydrogen-bond donors (Lipinski definition) is 1. The highest BCUT2D eigenvalue weighted by molar-refractivity contribution is 7.11. The molecule has 17 heavy (non-hydrogen) atoms. The van der Waals surface area contributed by atoms with Crippen molar-refractivity contribution in [1.29, 1.82) is 0 Å². The molecule has 0 unspecified atom stereocenters. The Bertz CT molecular complexity index is 308. The minimum absolute atomic E-state index is 0.666. The Morgan fingerprint density at radius 2 is 1.59 bits per heavy atom. The molecule has 0 atom stereocenters. The first-order valence-electron chi connectivity index (χ1n) is 6.51. The Kier molecular flexibility index (Phi) is 6.17. The molecular formula is C14H26N2S. The lowest BCUT2D eigenvalue weighted by Gasteiger charge is -2.25. The van der Waals surface area contributed by atoms with Crippen LogP contribution in [0.4, 0.5) is 0 Å². The van der Waals surface area contributed by atoms with Crippen LogP contribution in [0.15, 0.2) is 12.1 Å². The lowest BCUT2D eigenvalue weighted by Crippen LogP contribution is -2.30. The van der Waals surface area contributed by atoms with E-state index in [9.17, 15) is 0 Å². The van der Waals surface area contributed by atoms with Crippen LogP contribution in [0, 0.1) is 11.8 Å². The first-order chi connectivity index (χ1) is 8.01. The van der Waals surface area contributed by atoms with Gasteiger partial charge in [0.1, 0.15) is 0 Å². The maximum atomic E-state index is 5.65. The number of hydrogen-bond acceptors (Lipinski definition) is 3. The summed E-state index contributed by atoms with van der Waals surface area (Å²) in [5.41, 5.74) is 5.65. The highest BCUT2D eigenvalue weighted by atomic mass is 32.1. The molecule has 2 nitrogen and oxygen atoms in total. The van der Waals surface area contributed by atoms with Crippen molar-refractivity contribution in [3.8, 4) is 0 Å². The van der Waals surface area contributed by atoms with E-state index in [1.165, 1.54) is 22.8 Å². The van der Waals surface area contributed by atoms with Crippen molar-refractivity contribution < 1.29 is 0 Å². The van der Waals surface area contributed by atoms with Crippen molar-refractivity contribution in [2.24, 2.45) is 17.6 Å². The van der Waals surface area contributed by atoms with Crippen molar-refractivity contribution in [2.75, 3.05) is 13.1 Å². The predicted octanol–water partition coefficient (Wildman–Crippen LogP) is 3.32. The van der Waals surface area contributed by atoms with Gasteiger partial charge in [0.25, 0.3) is 0 Å². The van der Waals surface area contributed by atoms with E-state index in [1.54, 1.807) is 0 Å². The molecule has 0 aliphatic carbocycles. The summed E-state index contributed by atoms with van der Waals surface area (Å²) in [4.78, 5) is 5.28. The molecule has 98 valence electrons. The number of nitrogens with two attached hydrogens (primary N) is 1. The van der Waals surface area contributed by atoms with Gasteiger partial charge in [0.05, 0.1) is 0 Å². The van der Waals surface area contributed by atoms with Crippen LogP contribution < -0.4 is 5.73 Å². The Morgan fingerprint density at radius 3 is 2.00 bits per heavy atom. The summed E-state index contributed by atoms with van der Waals surface area (Å²) in [6.45, 7) is 13.2. The Morgan fingerprint density at radius 1 is 1.06 bits per heavy atom. The molecule has 0 fully saturated rings. The fourth-order valence-corrected chi connectivity index (χ4v) is 3.01. The molecule has 2 N–H and O–H groups in total. The van der Waals surface area contributed by atoms with Gasteiger partial charge in [-0.15, -0.1) is 11.3 Å². The quantitative estimate of drug-likeness (QED) is 0.809. The fraction of sp³-hybridized carbons (Fsp3) is 0.714. The molecule has 0 amide bonds. The van der Waals surface area contributed by atoms with Gasteiger partial charge in [0.15, 0.2) is 0 Å². The summed E-state index contributed by atoms with van der Waals surface area (Å²) in [5, 5.41) is 0. The molecule has 0 saturated heterocycles. The van der Waals surface area contributed by atoms with E-state index in [2.05, 4.69) is 44.7 Å². The average molecular weight is 254 g/mol. The fourth-order valence-electron chi connectivity index (χ4n) is 2.07. The second kappa shape index (κ2) is 7.14. The van der Waals surface area contributed by atoms with Crippen molar-refractivity contribution in [2.45, 2.75) is 40.8 Å². The van der Waals surface area contributed by atoms with E-state index in [0.29, 0.717) is 6.54 Å². The van der Waals surface area contributed by atoms with Crippen LogP contribution in [-0.2, 0) is 13.1 Å². The van der Waals surface area contributed by atoms with Crippen LogP contribution >= 0.6 is 11.3 Å². The predicted molar refractivity (Wildman–Crippen MR) is 77.2 cm³/mol. The van der Waals surface area contributed by atoms with E-state index >= 15 is 0 Å². The van der Waals surface area contributed by atoms with Gasteiger partial charge in [0, 0.05) is 35.9 Å². The van der Waals surface area contributed by atoms with E-state index in [4.69, 9.17) is 5.73 Å². The summed E-state index contributed by atoms with van der Waals surface area (Å²) in [6, 6.07) is 4.38. The van der Waals surface area contributed by atoms with Crippen LogP contribution in [0.3, 0.4) is 0 Å². The van der Waals surface area contributed by atoms with Crippen molar-refractivity contribution in [3.63, 3.8) is 0 Å². The van der Waals surface area contributed by atoms with Gasteiger partial charge >= 0.3 is 0 Å². The molecule has 1 heterocycles. The Balaban J connectivity index is 2.57. The molecule has 0 aromatic carbocycles. The van der Waals surface area contributed by atoms with Gasteiger partial charge in [-0.3, -0.25) is 4.90 Å². The third-order valence-corrected chi connectivity index (χ3v) is 3.64. The third-order valence-electron chi connectivity index (χ3n) is 2.54. The molecule has 1 rings (SSSR count). The molecule has 0 aliphatic rings.